The van der Waals surface area contributed by atoms with E-state index < -0.39 is 0 Å². The van der Waals surface area contributed by atoms with Gasteiger partial charge in [0.2, 0.25) is 5.91 Å². The lowest BCUT2D eigenvalue weighted by Gasteiger charge is -2.41. The van der Waals surface area contributed by atoms with Crippen LogP contribution in [0.5, 0.6) is 5.75 Å². The number of ether oxygens (including phenoxy) is 1. The maximum atomic E-state index is 13.0. The molecule has 154 valence electrons. The number of carbonyl (C=O) groups is 1. The molecule has 3 heterocycles. The Bertz CT molecular complexity index is 1140. The van der Waals surface area contributed by atoms with Crippen LogP contribution in [0.15, 0.2) is 36.5 Å². The molecule has 1 aliphatic heterocycles. The van der Waals surface area contributed by atoms with E-state index >= 15 is 0 Å². The molecule has 1 atom stereocenters. The fourth-order valence-corrected chi connectivity index (χ4v) is 4.02. The van der Waals surface area contributed by atoms with Gasteiger partial charge in [-0.2, -0.15) is 10.4 Å². The molecule has 1 saturated heterocycles. The largest absolute Gasteiger partial charge is 0.495 e. The van der Waals surface area contributed by atoms with Gasteiger partial charge in [-0.1, -0.05) is 11.6 Å². The first-order valence-corrected chi connectivity index (χ1v) is 9.99. The van der Waals surface area contributed by atoms with Crippen molar-refractivity contribution in [3.8, 4) is 11.8 Å². The van der Waals surface area contributed by atoms with Crippen LogP contribution in [0.2, 0.25) is 5.02 Å². The van der Waals surface area contributed by atoms with E-state index in [1.807, 2.05) is 30.0 Å². The highest BCUT2D eigenvalue weighted by Gasteiger charge is 2.28. The number of pyridine rings is 1. The molecule has 0 bridgehead atoms. The third-order valence-electron chi connectivity index (χ3n) is 5.35. The van der Waals surface area contributed by atoms with Crippen molar-refractivity contribution >= 4 is 34.2 Å². The van der Waals surface area contributed by atoms with Crippen LogP contribution in [0.4, 0.5) is 5.69 Å². The summed E-state index contributed by atoms with van der Waals surface area (Å²) in [7, 11) is 1.59. The molecule has 8 nitrogen and oxygen atoms in total. The van der Waals surface area contributed by atoms with Crippen LogP contribution in [0.1, 0.15) is 12.6 Å². The van der Waals surface area contributed by atoms with Crippen LogP contribution in [-0.4, -0.2) is 58.4 Å². The molecule has 1 aromatic carbocycles. The van der Waals surface area contributed by atoms with Crippen molar-refractivity contribution in [3.63, 3.8) is 0 Å². The molecule has 1 aliphatic rings. The number of fused-ring (bicyclic) bond motifs is 1. The van der Waals surface area contributed by atoms with Gasteiger partial charge in [0.05, 0.1) is 17.5 Å². The Labute approximate surface area is 179 Å². The molecule has 0 N–H and O–H groups in total. The number of nitriles is 1. The first-order chi connectivity index (χ1) is 14.5. The number of nitrogens with zero attached hydrogens (tertiary/aromatic N) is 6. The van der Waals surface area contributed by atoms with Crippen molar-refractivity contribution in [2.45, 2.75) is 19.5 Å². The lowest BCUT2D eigenvalue weighted by atomic mass is 10.1. The molecule has 0 spiro atoms. The summed E-state index contributed by atoms with van der Waals surface area (Å²) >= 11 is 6.13. The summed E-state index contributed by atoms with van der Waals surface area (Å²) in [5, 5.41) is 14.8. The van der Waals surface area contributed by atoms with E-state index in [9.17, 15) is 10.1 Å². The summed E-state index contributed by atoms with van der Waals surface area (Å²) in [6.07, 6.45) is 1.63. The number of benzene rings is 1. The number of methoxy groups -OCH3 is 1. The highest BCUT2D eigenvalue weighted by molar-refractivity contribution is 6.32. The summed E-state index contributed by atoms with van der Waals surface area (Å²) in [5.74, 6) is 0.585. The lowest BCUT2D eigenvalue weighted by molar-refractivity contribution is -0.134. The summed E-state index contributed by atoms with van der Waals surface area (Å²) in [6, 6.07) is 11.3. The van der Waals surface area contributed by atoms with Crippen molar-refractivity contribution in [2.24, 2.45) is 0 Å². The molecule has 3 aromatic rings. The molecule has 1 amide bonds. The highest BCUT2D eigenvalue weighted by atomic mass is 35.5. The summed E-state index contributed by atoms with van der Waals surface area (Å²) in [5.41, 5.74) is 1.83. The lowest BCUT2D eigenvalue weighted by Crippen LogP contribution is -2.54. The SMILES string of the molecule is COc1cc(N2CCN(C(=O)Cn3nc(C#N)c4cccnc43)[C@@H](C)C2)ccc1Cl. The molecule has 30 heavy (non-hydrogen) atoms. The van der Waals surface area contributed by atoms with Crippen molar-refractivity contribution in [2.75, 3.05) is 31.6 Å². The summed E-state index contributed by atoms with van der Waals surface area (Å²) < 4.78 is 6.83. The number of hydrogen-bond donors (Lipinski definition) is 0. The number of aromatic nitrogens is 3. The summed E-state index contributed by atoms with van der Waals surface area (Å²) in [4.78, 5) is 21.4. The van der Waals surface area contributed by atoms with Gasteiger partial charge in [0, 0.05) is 43.6 Å². The number of piperazine rings is 1. The minimum Gasteiger partial charge on any atom is -0.495 e. The van der Waals surface area contributed by atoms with Crippen molar-refractivity contribution < 1.29 is 9.53 Å². The first kappa shape index (κ1) is 20.0. The van der Waals surface area contributed by atoms with Gasteiger partial charge in [-0.3, -0.25) is 4.79 Å². The quantitative estimate of drug-likeness (QED) is 0.640. The number of rotatable bonds is 4. The van der Waals surface area contributed by atoms with E-state index in [1.165, 1.54) is 4.68 Å². The Morgan fingerprint density at radius 1 is 1.37 bits per heavy atom. The van der Waals surface area contributed by atoms with E-state index in [2.05, 4.69) is 21.1 Å². The third-order valence-corrected chi connectivity index (χ3v) is 5.66. The Morgan fingerprint density at radius 3 is 2.93 bits per heavy atom. The fraction of sp³-hybridized carbons (Fsp3) is 0.333. The van der Waals surface area contributed by atoms with Gasteiger partial charge in [0.1, 0.15) is 18.4 Å². The minimum atomic E-state index is -0.0459. The average Bonchev–Trinajstić information content (AvgIpc) is 3.11. The van der Waals surface area contributed by atoms with E-state index in [0.717, 1.165) is 5.69 Å². The van der Waals surface area contributed by atoms with Crippen LogP contribution in [0, 0.1) is 11.3 Å². The van der Waals surface area contributed by atoms with Gasteiger partial charge < -0.3 is 14.5 Å². The zero-order chi connectivity index (χ0) is 21.3. The molecule has 0 unspecified atom stereocenters. The zero-order valence-corrected chi connectivity index (χ0v) is 17.5. The topological polar surface area (TPSA) is 87.3 Å². The van der Waals surface area contributed by atoms with Crippen molar-refractivity contribution in [1.29, 1.82) is 5.26 Å². The fourth-order valence-electron chi connectivity index (χ4n) is 3.83. The number of amides is 1. The standard InChI is InChI=1S/C21H21ClN6O2/c1-14-12-26(15-5-6-17(22)19(10-15)30-2)8-9-27(14)20(29)13-28-21-16(4-3-7-24-21)18(11-23)25-28/h3-7,10,14H,8-9,12-13H2,1-2H3/t14-/m0/s1. The Kier molecular flexibility index (Phi) is 5.46. The Morgan fingerprint density at radius 2 is 2.20 bits per heavy atom. The summed E-state index contributed by atoms with van der Waals surface area (Å²) in [6.45, 7) is 4.05. The van der Waals surface area contributed by atoms with Gasteiger partial charge in [-0.15, -0.1) is 0 Å². The van der Waals surface area contributed by atoms with Crippen molar-refractivity contribution in [3.05, 3.63) is 47.2 Å². The smallest absolute Gasteiger partial charge is 0.244 e. The van der Waals surface area contributed by atoms with E-state index in [-0.39, 0.29) is 24.2 Å². The average molecular weight is 425 g/mol. The van der Waals surface area contributed by atoms with Gasteiger partial charge in [0.15, 0.2) is 11.3 Å². The van der Waals surface area contributed by atoms with Crippen LogP contribution < -0.4 is 9.64 Å². The van der Waals surface area contributed by atoms with Crippen molar-refractivity contribution in [1.82, 2.24) is 19.7 Å². The number of hydrogen-bond acceptors (Lipinski definition) is 6. The second-order valence-corrected chi connectivity index (χ2v) is 7.60. The molecule has 9 heteroatoms. The van der Waals surface area contributed by atoms with Gasteiger partial charge in [-0.25, -0.2) is 9.67 Å². The van der Waals surface area contributed by atoms with E-state index in [1.54, 1.807) is 25.4 Å². The highest BCUT2D eigenvalue weighted by Crippen LogP contribution is 2.30. The molecule has 2 aromatic heterocycles. The van der Waals surface area contributed by atoms with Gasteiger partial charge >= 0.3 is 0 Å². The van der Waals surface area contributed by atoms with Crippen LogP contribution in [0.3, 0.4) is 0 Å². The minimum absolute atomic E-state index is 0.0122. The molecule has 1 fully saturated rings. The normalized spacial score (nSPS) is 16.5. The molecular formula is C21H21ClN6O2. The second-order valence-electron chi connectivity index (χ2n) is 7.19. The maximum Gasteiger partial charge on any atom is 0.244 e. The number of anilines is 1. The van der Waals surface area contributed by atoms with Crippen LogP contribution in [0.25, 0.3) is 11.0 Å². The monoisotopic (exact) mass is 424 g/mol. The predicted molar refractivity (Wildman–Crippen MR) is 114 cm³/mol. The maximum absolute atomic E-state index is 13.0. The number of halogens is 1. The Balaban J connectivity index is 1.48. The van der Waals surface area contributed by atoms with Gasteiger partial charge in [0.25, 0.3) is 0 Å². The zero-order valence-electron chi connectivity index (χ0n) is 16.7. The van der Waals surface area contributed by atoms with Crippen LogP contribution in [-0.2, 0) is 11.3 Å². The van der Waals surface area contributed by atoms with Crippen LogP contribution >= 0.6 is 11.6 Å². The van der Waals surface area contributed by atoms with E-state index in [4.69, 9.17) is 16.3 Å². The number of carbonyl (C=O) groups excluding carboxylic acids is 1. The molecule has 0 saturated carbocycles. The Hall–Kier alpha value is -3.31. The molecule has 4 rings (SSSR count). The second kappa shape index (κ2) is 8.20. The van der Waals surface area contributed by atoms with E-state index in [0.29, 0.717) is 41.4 Å². The molecule has 0 radical (unpaired) electrons. The first-order valence-electron chi connectivity index (χ1n) is 9.61. The predicted octanol–water partition coefficient (Wildman–Crippen LogP) is 2.70. The molecule has 0 aliphatic carbocycles. The van der Waals surface area contributed by atoms with Gasteiger partial charge in [-0.05, 0) is 31.2 Å². The molecular weight excluding hydrogens is 404 g/mol. The third kappa shape index (κ3) is 3.64.